The molecule has 0 saturated carbocycles. The topological polar surface area (TPSA) is 72.2 Å². The van der Waals surface area contributed by atoms with E-state index in [9.17, 15) is 19.3 Å². The first-order valence-electron chi connectivity index (χ1n) is 4.14. The second kappa shape index (κ2) is 4.04. The van der Waals surface area contributed by atoms with E-state index < -0.39 is 16.6 Å². The van der Waals surface area contributed by atoms with Crippen LogP contribution in [0.4, 0.5) is 10.1 Å². The van der Waals surface area contributed by atoms with Crippen molar-refractivity contribution >= 4 is 11.6 Å². The van der Waals surface area contributed by atoms with Crippen molar-refractivity contribution in [3.63, 3.8) is 0 Å². The average molecular weight is 212 g/mol. The monoisotopic (exact) mass is 212 g/mol. The fourth-order valence-corrected chi connectivity index (χ4v) is 1.27. The number of nitrogens with zero attached hydrogens (tertiary/aromatic N) is 1. The molecule has 0 heterocycles. The Balaban J connectivity index is 3.43. The van der Waals surface area contributed by atoms with Gasteiger partial charge < -0.3 is 5.32 Å². The number of rotatable bonds is 2. The van der Waals surface area contributed by atoms with Crippen LogP contribution in [0.2, 0.25) is 0 Å². The molecular weight excluding hydrogens is 203 g/mol. The first-order chi connectivity index (χ1) is 6.99. The van der Waals surface area contributed by atoms with Crippen molar-refractivity contribution in [1.29, 1.82) is 0 Å². The summed E-state index contributed by atoms with van der Waals surface area (Å²) in [6.07, 6.45) is 0. The lowest BCUT2D eigenvalue weighted by Gasteiger charge is -2.05. The Bertz CT molecular complexity index is 432. The van der Waals surface area contributed by atoms with Gasteiger partial charge in [-0.25, -0.2) is 4.39 Å². The van der Waals surface area contributed by atoms with Gasteiger partial charge in [-0.05, 0) is 13.0 Å². The van der Waals surface area contributed by atoms with Crippen LogP contribution in [0.15, 0.2) is 12.1 Å². The van der Waals surface area contributed by atoms with Crippen LogP contribution in [0.5, 0.6) is 0 Å². The molecule has 1 aromatic rings. The molecular formula is C9H9FN2O3. The average Bonchev–Trinajstić information content (AvgIpc) is 2.16. The molecule has 5 nitrogen and oxygen atoms in total. The van der Waals surface area contributed by atoms with E-state index in [4.69, 9.17) is 0 Å². The molecule has 1 N–H and O–H groups in total. The Morgan fingerprint density at radius 2 is 2.13 bits per heavy atom. The first-order valence-corrected chi connectivity index (χ1v) is 4.14. The minimum atomic E-state index is -0.766. The number of halogens is 1. The molecule has 0 aliphatic carbocycles. The molecule has 0 aliphatic heterocycles. The van der Waals surface area contributed by atoms with Crippen molar-refractivity contribution in [2.24, 2.45) is 0 Å². The number of nitrogens with one attached hydrogen (secondary N) is 1. The molecule has 1 rings (SSSR count). The van der Waals surface area contributed by atoms with E-state index in [0.29, 0.717) is 0 Å². The number of benzene rings is 1. The maximum absolute atomic E-state index is 13.2. The van der Waals surface area contributed by atoms with Gasteiger partial charge in [0.05, 0.1) is 10.5 Å². The maximum Gasteiger partial charge on any atom is 0.273 e. The first kappa shape index (κ1) is 11.1. The molecule has 1 amide bonds. The lowest BCUT2D eigenvalue weighted by molar-refractivity contribution is -0.385. The fraction of sp³-hybridized carbons (Fsp3) is 0.222. The molecule has 6 heteroatoms. The highest BCUT2D eigenvalue weighted by molar-refractivity contribution is 5.96. The molecule has 0 bridgehead atoms. The summed E-state index contributed by atoms with van der Waals surface area (Å²) in [6, 6.07) is 1.95. The normalized spacial score (nSPS) is 9.80. The lowest BCUT2D eigenvalue weighted by atomic mass is 10.1. The van der Waals surface area contributed by atoms with Crippen LogP contribution in [-0.4, -0.2) is 17.9 Å². The quantitative estimate of drug-likeness (QED) is 0.594. The highest BCUT2D eigenvalue weighted by atomic mass is 19.1. The molecule has 1 aromatic carbocycles. The predicted octanol–water partition coefficient (Wildman–Crippen LogP) is 1.40. The van der Waals surface area contributed by atoms with Crippen LogP contribution >= 0.6 is 0 Å². The summed E-state index contributed by atoms with van der Waals surface area (Å²) in [4.78, 5) is 21.2. The van der Waals surface area contributed by atoms with Gasteiger partial charge in [-0.2, -0.15) is 0 Å². The van der Waals surface area contributed by atoms with E-state index in [0.717, 1.165) is 12.1 Å². The molecule has 0 aromatic heterocycles. The van der Waals surface area contributed by atoms with Crippen LogP contribution in [0.1, 0.15) is 15.9 Å². The Labute approximate surface area is 85.1 Å². The molecule has 0 aliphatic rings. The Morgan fingerprint density at radius 1 is 1.53 bits per heavy atom. The predicted molar refractivity (Wildman–Crippen MR) is 51.2 cm³/mol. The highest BCUT2D eigenvalue weighted by Crippen LogP contribution is 2.23. The third-order valence-corrected chi connectivity index (χ3v) is 2.04. The van der Waals surface area contributed by atoms with Crippen molar-refractivity contribution in [3.8, 4) is 0 Å². The number of nitro groups is 1. The standard InChI is InChI=1S/C9H9FN2O3/c1-5-7(12(14)15)4-3-6(10)8(5)9(13)11-2/h3-4H,1-2H3,(H,11,13). The summed E-state index contributed by atoms with van der Waals surface area (Å²) in [6.45, 7) is 1.34. The van der Waals surface area contributed by atoms with Crippen LogP contribution in [-0.2, 0) is 0 Å². The maximum atomic E-state index is 13.2. The molecule has 80 valence electrons. The van der Waals surface area contributed by atoms with Gasteiger partial charge in [0.15, 0.2) is 0 Å². The largest absolute Gasteiger partial charge is 0.355 e. The van der Waals surface area contributed by atoms with Gasteiger partial charge in [0, 0.05) is 18.7 Å². The third-order valence-electron chi connectivity index (χ3n) is 2.04. The number of carbonyl (C=O) groups excluding carboxylic acids is 1. The van der Waals surface area contributed by atoms with E-state index in [1.165, 1.54) is 14.0 Å². The molecule has 0 atom stereocenters. The molecule has 0 unspecified atom stereocenters. The number of carbonyl (C=O) groups is 1. The van der Waals surface area contributed by atoms with Crippen LogP contribution in [0, 0.1) is 22.9 Å². The van der Waals surface area contributed by atoms with E-state index in [1.54, 1.807) is 0 Å². The lowest BCUT2D eigenvalue weighted by Crippen LogP contribution is -2.21. The highest BCUT2D eigenvalue weighted by Gasteiger charge is 2.21. The Kier molecular flexibility index (Phi) is 2.99. The summed E-state index contributed by atoms with van der Waals surface area (Å²) in [7, 11) is 1.33. The summed E-state index contributed by atoms with van der Waals surface area (Å²) >= 11 is 0. The second-order valence-corrected chi connectivity index (χ2v) is 2.90. The van der Waals surface area contributed by atoms with Gasteiger partial charge >= 0.3 is 0 Å². The van der Waals surface area contributed by atoms with Crippen molar-refractivity contribution in [2.45, 2.75) is 6.92 Å². The molecule has 0 radical (unpaired) electrons. The van der Waals surface area contributed by atoms with Crippen LogP contribution in [0.25, 0.3) is 0 Å². The van der Waals surface area contributed by atoms with Crippen LogP contribution < -0.4 is 5.32 Å². The minimum absolute atomic E-state index is 0.0272. The SMILES string of the molecule is CNC(=O)c1c(F)ccc([N+](=O)[O-])c1C. The van der Waals surface area contributed by atoms with Gasteiger partial charge in [-0.3, -0.25) is 14.9 Å². The zero-order valence-corrected chi connectivity index (χ0v) is 8.20. The van der Waals surface area contributed by atoms with Gasteiger partial charge in [-0.1, -0.05) is 0 Å². The molecule has 0 spiro atoms. The van der Waals surface area contributed by atoms with E-state index in [-0.39, 0.29) is 16.8 Å². The van der Waals surface area contributed by atoms with E-state index >= 15 is 0 Å². The number of nitro benzene ring substituents is 1. The second-order valence-electron chi connectivity index (χ2n) is 2.90. The van der Waals surface area contributed by atoms with E-state index in [1.807, 2.05) is 0 Å². The number of hydrogen-bond donors (Lipinski definition) is 1. The van der Waals surface area contributed by atoms with Crippen molar-refractivity contribution in [2.75, 3.05) is 7.05 Å². The van der Waals surface area contributed by atoms with Crippen molar-refractivity contribution in [3.05, 3.63) is 39.2 Å². The van der Waals surface area contributed by atoms with Gasteiger partial charge in [0.25, 0.3) is 11.6 Å². The number of hydrogen-bond acceptors (Lipinski definition) is 3. The zero-order valence-electron chi connectivity index (χ0n) is 8.20. The summed E-state index contributed by atoms with van der Waals surface area (Å²) in [5, 5.41) is 12.8. The van der Waals surface area contributed by atoms with Crippen LogP contribution in [0.3, 0.4) is 0 Å². The van der Waals surface area contributed by atoms with Gasteiger partial charge in [-0.15, -0.1) is 0 Å². The molecule has 0 saturated heterocycles. The smallest absolute Gasteiger partial charge is 0.273 e. The van der Waals surface area contributed by atoms with Crippen molar-refractivity contribution < 1.29 is 14.1 Å². The van der Waals surface area contributed by atoms with Crippen molar-refractivity contribution in [1.82, 2.24) is 5.32 Å². The summed E-state index contributed by atoms with van der Waals surface area (Å²) < 4.78 is 13.2. The van der Waals surface area contributed by atoms with Gasteiger partial charge in [0.1, 0.15) is 5.82 Å². The van der Waals surface area contributed by atoms with Gasteiger partial charge in [0.2, 0.25) is 0 Å². The van der Waals surface area contributed by atoms with E-state index in [2.05, 4.69) is 5.32 Å². The Hall–Kier alpha value is -1.98. The summed E-state index contributed by atoms with van der Waals surface area (Å²) in [5.74, 6) is -1.44. The molecule has 0 fully saturated rings. The third kappa shape index (κ3) is 1.93. The molecule has 15 heavy (non-hydrogen) atoms. The fourth-order valence-electron chi connectivity index (χ4n) is 1.27. The Morgan fingerprint density at radius 3 is 2.60 bits per heavy atom. The summed E-state index contributed by atoms with van der Waals surface area (Å²) in [5.41, 5.74) is -0.527. The number of amides is 1. The zero-order chi connectivity index (χ0) is 11.6. The minimum Gasteiger partial charge on any atom is -0.355 e.